The minimum absolute atomic E-state index is 0.960. The first-order chi connectivity index (χ1) is 16.8. The highest BCUT2D eigenvalue weighted by molar-refractivity contribution is 5.95. The van der Waals surface area contributed by atoms with E-state index in [2.05, 4.69) is 134 Å². The summed E-state index contributed by atoms with van der Waals surface area (Å²) < 4.78 is 0. The third-order valence-electron chi connectivity index (χ3n) is 5.52. The van der Waals surface area contributed by atoms with Gasteiger partial charge in [0, 0.05) is 0 Å². The van der Waals surface area contributed by atoms with Gasteiger partial charge in [-0.15, -0.1) is 0 Å². The molecule has 0 saturated carbocycles. The highest BCUT2D eigenvalue weighted by atomic mass is 14.0. The number of rotatable bonds is 4. The summed E-state index contributed by atoms with van der Waals surface area (Å²) in [6, 6.07) is 50.3. The first-order valence-electron chi connectivity index (χ1n) is 11.5. The van der Waals surface area contributed by atoms with E-state index in [1.807, 2.05) is 30.3 Å². The summed E-state index contributed by atoms with van der Waals surface area (Å²) in [7, 11) is 0. The molecule has 0 aromatic heterocycles. The van der Waals surface area contributed by atoms with Gasteiger partial charge in [0.15, 0.2) is 0 Å². The van der Waals surface area contributed by atoms with E-state index in [9.17, 15) is 0 Å². The maximum absolute atomic E-state index is 4.32. The summed E-state index contributed by atoms with van der Waals surface area (Å²) in [6.45, 7) is 4.32. The fourth-order valence-corrected chi connectivity index (χ4v) is 3.72. The molecule has 4 aromatic carbocycles. The van der Waals surface area contributed by atoms with Crippen LogP contribution in [0.15, 0.2) is 158 Å². The molecule has 0 spiro atoms. The van der Waals surface area contributed by atoms with E-state index in [0.717, 1.165) is 22.3 Å². The minimum Gasteiger partial charge on any atom is -0.0912 e. The van der Waals surface area contributed by atoms with Gasteiger partial charge in [-0.3, -0.25) is 0 Å². The van der Waals surface area contributed by atoms with Crippen molar-refractivity contribution < 1.29 is 0 Å². The number of allylic oxidation sites excluding steroid dienone is 2. The molecule has 164 valence electrons. The summed E-state index contributed by atoms with van der Waals surface area (Å²) in [6.07, 6.45) is 4.17. The average Bonchev–Trinajstić information content (AvgIpc) is 2.89. The second-order valence-electron chi connectivity index (χ2n) is 7.91. The summed E-state index contributed by atoms with van der Waals surface area (Å²) in [5, 5.41) is 2.39. The van der Waals surface area contributed by atoms with Crippen LogP contribution in [0.25, 0.3) is 33.5 Å². The van der Waals surface area contributed by atoms with Crippen LogP contribution in [0.5, 0.6) is 0 Å². The first kappa shape index (κ1) is 22.8. The van der Waals surface area contributed by atoms with Crippen LogP contribution < -0.4 is 0 Å². The lowest BCUT2D eigenvalue weighted by atomic mass is 10.00. The summed E-state index contributed by atoms with van der Waals surface area (Å²) in [4.78, 5) is 0. The Labute approximate surface area is 202 Å². The number of hydrogen-bond acceptors (Lipinski definition) is 0. The topological polar surface area (TPSA) is 0 Å². The van der Waals surface area contributed by atoms with E-state index in [1.54, 1.807) is 0 Å². The van der Waals surface area contributed by atoms with Gasteiger partial charge in [0.05, 0.1) is 0 Å². The normalized spacial score (nSPS) is 10.4. The van der Waals surface area contributed by atoms with Crippen molar-refractivity contribution in [1.29, 1.82) is 0 Å². The zero-order valence-electron chi connectivity index (χ0n) is 19.2. The third-order valence-corrected chi connectivity index (χ3v) is 5.52. The Kier molecular flexibility index (Phi) is 8.03. The predicted molar refractivity (Wildman–Crippen MR) is 149 cm³/mol. The lowest BCUT2D eigenvalue weighted by Gasteiger charge is -2.04. The van der Waals surface area contributed by atoms with Gasteiger partial charge >= 0.3 is 0 Å². The van der Waals surface area contributed by atoms with Gasteiger partial charge < -0.3 is 0 Å². The quantitative estimate of drug-likeness (QED) is 0.279. The largest absolute Gasteiger partial charge is 0.0912 e. The van der Waals surface area contributed by atoms with Gasteiger partial charge in [-0.2, -0.15) is 0 Å². The fraction of sp³-hybridized carbons (Fsp3) is 0. The molecule has 0 heteroatoms. The number of hydrogen-bond donors (Lipinski definition) is 0. The SMILES string of the molecule is C=C(C=Cc1ccccc1)c1ccccccc(-c2cccccccc3ccccc23)cc1. The molecular weight excluding hydrogens is 408 g/mol. The number of fused-ring (bicyclic) bond motifs is 1. The van der Waals surface area contributed by atoms with Crippen molar-refractivity contribution >= 4 is 22.4 Å². The molecule has 0 atom stereocenters. The standard InChI is InChI=1S/C34H28/c1-28(24-25-29-16-8-7-9-17-29)30-18-10-5-6-12-20-32(27-26-30)34-22-13-4-2-3-11-19-31-21-14-15-23-33(31)34/h2-27H,1H2. The second kappa shape index (κ2) is 12.0. The minimum atomic E-state index is 0.960. The van der Waals surface area contributed by atoms with Gasteiger partial charge in [-0.25, -0.2) is 0 Å². The van der Waals surface area contributed by atoms with Crippen LogP contribution >= 0.6 is 0 Å². The van der Waals surface area contributed by atoms with Crippen molar-refractivity contribution in [3.63, 3.8) is 0 Å². The van der Waals surface area contributed by atoms with E-state index < -0.39 is 0 Å². The average molecular weight is 437 g/mol. The van der Waals surface area contributed by atoms with Crippen LogP contribution in [-0.4, -0.2) is 0 Å². The third kappa shape index (κ3) is 6.31. The van der Waals surface area contributed by atoms with Gasteiger partial charge in [-0.05, 0) is 38.6 Å². The van der Waals surface area contributed by atoms with Gasteiger partial charge in [0.2, 0.25) is 0 Å². The molecule has 0 aliphatic carbocycles. The maximum Gasteiger partial charge on any atom is -0.0105 e. The molecule has 0 aliphatic rings. The Bertz CT molecular complexity index is 1410. The van der Waals surface area contributed by atoms with Crippen LogP contribution in [-0.2, 0) is 0 Å². The molecule has 0 heterocycles. The maximum atomic E-state index is 4.32. The zero-order chi connectivity index (χ0) is 23.4. The Hall–Kier alpha value is -4.42. The Morgan fingerprint density at radius 1 is 0.500 bits per heavy atom. The molecule has 0 saturated heterocycles. The van der Waals surface area contributed by atoms with Crippen molar-refractivity contribution in [3.05, 3.63) is 169 Å². The molecule has 0 amide bonds. The molecule has 4 aromatic rings. The van der Waals surface area contributed by atoms with E-state index in [0.29, 0.717) is 0 Å². The Morgan fingerprint density at radius 2 is 1.06 bits per heavy atom. The van der Waals surface area contributed by atoms with E-state index in [-0.39, 0.29) is 0 Å². The smallest absolute Gasteiger partial charge is 0.0105 e. The highest BCUT2D eigenvalue weighted by Gasteiger charge is 2.00. The zero-order valence-corrected chi connectivity index (χ0v) is 19.2. The Balaban J connectivity index is 1.86. The molecule has 0 nitrogen and oxygen atoms in total. The van der Waals surface area contributed by atoms with Crippen LogP contribution in [0.2, 0.25) is 0 Å². The summed E-state index contributed by atoms with van der Waals surface area (Å²) in [5.74, 6) is 0. The van der Waals surface area contributed by atoms with Crippen LogP contribution in [0.1, 0.15) is 11.1 Å². The van der Waals surface area contributed by atoms with Gasteiger partial charge in [0.25, 0.3) is 0 Å². The molecule has 0 aliphatic heterocycles. The van der Waals surface area contributed by atoms with E-state index in [4.69, 9.17) is 0 Å². The molecule has 0 radical (unpaired) electrons. The van der Waals surface area contributed by atoms with Crippen LogP contribution in [0, 0.1) is 0 Å². The Morgan fingerprint density at radius 3 is 1.85 bits per heavy atom. The molecular formula is C34H28. The molecule has 0 N–H and O–H groups in total. The lowest BCUT2D eigenvalue weighted by molar-refractivity contribution is 1.63. The van der Waals surface area contributed by atoms with Crippen molar-refractivity contribution in [1.82, 2.24) is 0 Å². The summed E-state index contributed by atoms with van der Waals surface area (Å²) >= 11 is 0. The van der Waals surface area contributed by atoms with E-state index >= 15 is 0 Å². The van der Waals surface area contributed by atoms with Crippen molar-refractivity contribution in [3.8, 4) is 11.1 Å². The first-order valence-corrected chi connectivity index (χ1v) is 11.5. The van der Waals surface area contributed by atoms with E-state index in [1.165, 1.54) is 16.3 Å². The van der Waals surface area contributed by atoms with Gasteiger partial charge in [-0.1, -0.05) is 164 Å². The molecule has 0 bridgehead atoms. The van der Waals surface area contributed by atoms with Crippen LogP contribution in [0.3, 0.4) is 0 Å². The van der Waals surface area contributed by atoms with Crippen molar-refractivity contribution in [2.45, 2.75) is 0 Å². The monoisotopic (exact) mass is 436 g/mol. The molecule has 4 rings (SSSR count). The van der Waals surface area contributed by atoms with Crippen molar-refractivity contribution in [2.24, 2.45) is 0 Å². The second-order valence-corrected chi connectivity index (χ2v) is 7.91. The highest BCUT2D eigenvalue weighted by Crippen LogP contribution is 2.26. The van der Waals surface area contributed by atoms with Crippen LogP contribution in [0.4, 0.5) is 0 Å². The lowest BCUT2D eigenvalue weighted by Crippen LogP contribution is -1.79. The number of benzene rings is 2. The molecule has 34 heavy (non-hydrogen) atoms. The fourth-order valence-electron chi connectivity index (χ4n) is 3.72. The molecule has 0 unspecified atom stereocenters. The van der Waals surface area contributed by atoms with Gasteiger partial charge in [0.1, 0.15) is 0 Å². The van der Waals surface area contributed by atoms with Crippen molar-refractivity contribution in [2.75, 3.05) is 0 Å². The molecule has 0 fully saturated rings. The summed E-state index contributed by atoms with van der Waals surface area (Å²) in [5.41, 5.74) is 5.48. The predicted octanol–water partition coefficient (Wildman–Crippen LogP) is 9.48.